The van der Waals surface area contributed by atoms with E-state index in [4.69, 9.17) is 4.18 Å². The number of hydrogen-bond acceptors (Lipinski definition) is 2. The van der Waals surface area contributed by atoms with Crippen molar-refractivity contribution in [3.05, 3.63) is 125 Å². The van der Waals surface area contributed by atoms with Crippen LogP contribution in [-0.2, 0) is 4.18 Å². The van der Waals surface area contributed by atoms with Gasteiger partial charge in [-0.3, -0.25) is 0 Å². The lowest BCUT2D eigenvalue weighted by atomic mass is 9.84. The molecule has 0 radical (unpaired) electrons. The minimum absolute atomic E-state index is 0.188. The van der Waals surface area contributed by atoms with E-state index in [-0.39, 0.29) is 17.8 Å². The first-order valence-corrected chi connectivity index (χ1v) is 14.7. The molecule has 4 rings (SSSR count). The molecule has 0 aliphatic rings. The van der Waals surface area contributed by atoms with Crippen LogP contribution in [0.3, 0.4) is 0 Å². The first-order chi connectivity index (χ1) is 17.8. The van der Waals surface area contributed by atoms with Gasteiger partial charge >= 0.3 is 5.97 Å². The van der Waals surface area contributed by atoms with Crippen molar-refractivity contribution in [3.63, 3.8) is 0 Å². The largest absolute Gasteiger partial charge is 0.398 e. The Labute approximate surface area is 224 Å². The predicted octanol–water partition coefficient (Wildman–Crippen LogP) is 10.1. The van der Waals surface area contributed by atoms with Crippen LogP contribution in [0.5, 0.6) is 0 Å². The molecule has 37 heavy (non-hydrogen) atoms. The zero-order valence-corrected chi connectivity index (χ0v) is 23.6. The van der Waals surface area contributed by atoms with Crippen molar-refractivity contribution in [2.75, 3.05) is 0 Å². The van der Waals surface area contributed by atoms with E-state index in [1.54, 1.807) is 0 Å². The van der Waals surface area contributed by atoms with E-state index in [0.717, 1.165) is 25.8 Å². The third-order valence-electron chi connectivity index (χ3n) is 6.76. The van der Waals surface area contributed by atoms with Crippen LogP contribution in [0.15, 0.2) is 118 Å². The fourth-order valence-electron chi connectivity index (χ4n) is 4.74. The molecule has 0 atom stereocenters. The van der Waals surface area contributed by atoms with Gasteiger partial charge in [-0.25, -0.2) is 4.79 Å². The second kappa shape index (κ2) is 11.4. The first-order valence-electron chi connectivity index (χ1n) is 13.2. The number of carbonyl (C=O) groups is 1. The molecule has 2 nitrogen and oxygen atoms in total. The van der Waals surface area contributed by atoms with Gasteiger partial charge in [0.2, 0.25) is 0 Å². The Morgan fingerprint density at radius 2 is 0.919 bits per heavy atom. The van der Waals surface area contributed by atoms with Gasteiger partial charge in [0.1, 0.15) is 0 Å². The summed E-state index contributed by atoms with van der Waals surface area (Å²) in [5.74, 6) is 0.499. The van der Waals surface area contributed by atoms with E-state index in [2.05, 4.69) is 90.1 Å². The van der Waals surface area contributed by atoms with Gasteiger partial charge < -0.3 is 4.18 Å². The standard InChI is InChI=1S/C34H38O2S/c1-24(2)27-22-31(25(3)4)33(32(23-27)26(5)6)34(35)36-37(28-16-10-7-11-17-28,29-18-12-8-13-19-29)30-20-14-9-15-21-30/h7-26H,1-6H3. The summed E-state index contributed by atoms with van der Waals surface area (Å²) in [6, 6.07) is 35.0. The van der Waals surface area contributed by atoms with Crippen LogP contribution in [0.25, 0.3) is 0 Å². The fourth-order valence-corrected chi connectivity index (χ4v) is 7.77. The van der Waals surface area contributed by atoms with Crippen molar-refractivity contribution in [1.82, 2.24) is 0 Å². The number of rotatable bonds is 8. The summed E-state index contributed by atoms with van der Waals surface area (Å²) < 4.78 is 6.91. The molecule has 0 fully saturated rings. The highest BCUT2D eigenvalue weighted by Gasteiger charge is 2.37. The van der Waals surface area contributed by atoms with Crippen LogP contribution in [0, 0.1) is 0 Å². The minimum Gasteiger partial charge on any atom is -0.398 e. The lowest BCUT2D eigenvalue weighted by Gasteiger charge is -2.40. The molecular weight excluding hydrogens is 472 g/mol. The van der Waals surface area contributed by atoms with E-state index in [1.165, 1.54) is 5.56 Å². The normalized spacial score (nSPS) is 12.2. The topological polar surface area (TPSA) is 26.3 Å². The van der Waals surface area contributed by atoms with E-state index in [0.29, 0.717) is 11.5 Å². The molecule has 3 heteroatoms. The molecule has 4 aromatic carbocycles. The highest BCUT2D eigenvalue weighted by atomic mass is 32.3. The van der Waals surface area contributed by atoms with Crippen LogP contribution in [-0.4, -0.2) is 5.97 Å². The number of benzene rings is 4. The molecule has 0 saturated heterocycles. The fraction of sp³-hybridized carbons (Fsp3) is 0.265. The molecule has 0 N–H and O–H groups in total. The zero-order chi connectivity index (χ0) is 26.6. The molecule has 0 saturated carbocycles. The predicted molar refractivity (Wildman–Crippen MR) is 156 cm³/mol. The van der Waals surface area contributed by atoms with Crippen LogP contribution in [0.4, 0.5) is 0 Å². The first kappa shape index (κ1) is 26.8. The van der Waals surface area contributed by atoms with Crippen LogP contribution < -0.4 is 0 Å². The maximum absolute atomic E-state index is 14.5. The maximum Gasteiger partial charge on any atom is 0.350 e. The molecule has 0 spiro atoms. The summed E-state index contributed by atoms with van der Waals surface area (Å²) in [6.45, 7) is 13.0. The Bertz CT molecular complexity index is 1200. The molecule has 0 unspecified atom stereocenters. The highest BCUT2D eigenvalue weighted by molar-refractivity contribution is 8.30. The summed E-state index contributed by atoms with van der Waals surface area (Å²) in [5.41, 5.74) is 4.09. The number of hydrogen-bond donors (Lipinski definition) is 0. The molecule has 0 aromatic heterocycles. The highest BCUT2D eigenvalue weighted by Crippen LogP contribution is 2.69. The molecule has 0 heterocycles. The van der Waals surface area contributed by atoms with Gasteiger partial charge in [0.25, 0.3) is 0 Å². The van der Waals surface area contributed by atoms with Gasteiger partial charge in [-0.05, 0) is 81.2 Å². The lowest BCUT2D eigenvalue weighted by molar-refractivity contribution is 0.0754. The zero-order valence-electron chi connectivity index (χ0n) is 22.8. The monoisotopic (exact) mass is 510 g/mol. The van der Waals surface area contributed by atoms with Gasteiger partial charge in [-0.1, -0.05) is 108 Å². The summed E-state index contributed by atoms with van der Waals surface area (Å²) in [4.78, 5) is 17.5. The van der Waals surface area contributed by atoms with Crippen LogP contribution in [0.1, 0.15) is 86.3 Å². The van der Waals surface area contributed by atoms with Crippen molar-refractivity contribution < 1.29 is 8.98 Å². The Balaban J connectivity index is 2.00. The lowest BCUT2D eigenvalue weighted by Crippen LogP contribution is -2.18. The second-order valence-corrected chi connectivity index (χ2v) is 13.1. The van der Waals surface area contributed by atoms with Gasteiger partial charge in [0.05, 0.1) is 5.56 Å². The third-order valence-corrected chi connectivity index (χ3v) is 9.97. The Morgan fingerprint density at radius 3 is 1.22 bits per heavy atom. The van der Waals surface area contributed by atoms with E-state index < -0.39 is 10.3 Å². The molecule has 0 bridgehead atoms. The van der Waals surface area contributed by atoms with E-state index >= 15 is 0 Å². The number of carbonyl (C=O) groups excluding carboxylic acids is 1. The Hall–Kier alpha value is -3.30. The minimum atomic E-state index is -2.34. The molecule has 192 valence electrons. The van der Waals surface area contributed by atoms with Crippen molar-refractivity contribution >= 4 is 16.3 Å². The third kappa shape index (κ3) is 5.38. The summed E-state index contributed by atoms with van der Waals surface area (Å²) in [6.07, 6.45) is 0. The van der Waals surface area contributed by atoms with Crippen LogP contribution in [0.2, 0.25) is 0 Å². The Morgan fingerprint density at radius 1 is 0.568 bits per heavy atom. The van der Waals surface area contributed by atoms with Gasteiger partial charge in [-0.15, -0.1) is 0 Å². The molecule has 0 aliphatic carbocycles. The Kier molecular flexibility index (Phi) is 8.24. The molecule has 0 amide bonds. The summed E-state index contributed by atoms with van der Waals surface area (Å²) >= 11 is 0. The molecular formula is C34H38O2S. The maximum atomic E-state index is 14.5. The van der Waals surface area contributed by atoms with Crippen molar-refractivity contribution in [2.24, 2.45) is 0 Å². The van der Waals surface area contributed by atoms with Crippen LogP contribution >= 0.6 is 10.3 Å². The van der Waals surface area contributed by atoms with Crippen molar-refractivity contribution in [3.8, 4) is 0 Å². The van der Waals surface area contributed by atoms with Crippen molar-refractivity contribution in [1.29, 1.82) is 0 Å². The van der Waals surface area contributed by atoms with Gasteiger partial charge in [0, 0.05) is 14.7 Å². The van der Waals surface area contributed by atoms with Gasteiger partial charge in [0.15, 0.2) is 0 Å². The van der Waals surface area contributed by atoms with E-state index in [9.17, 15) is 4.79 Å². The average Bonchev–Trinajstić information content (AvgIpc) is 2.92. The van der Waals surface area contributed by atoms with Gasteiger partial charge in [-0.2, -0.15) is 0 Å². The van der Waals surface area contributed by atoms with Crippen molar-refractivity contribution in [2.45, 2.75) is 74.0 Å². The summed E-state index contributed by atoms with van der Waals surface area (Å²) in [7, 11) is -2.34. The quantitative estimate of drug-likeness (QED) is 0.236. The SMILES string of the molecule is CC(C)c1cc(C(C)C)c(C(=O)OS(c2ccccc2)(c2ccccc2)c2ccccc2)c(C(C)C)c1. The molecule has 0 aliphatic heterocycles. The smallest absolute Gasteiger partial charge is 0.350 e. The molecule has 4 aromatic rings. The van der Waals surface area contributed by atoms with E-state index in [1.807, 2.05) is 54.6 Å². The average molecular weight is 511 g/mol. The second-order valence-electron chi connectivity index (χ2n) is 10.4. The summed E-state index contributed by atoms with van der Waals surface area (Å²) in [5, 5.41) is 0.